The summed E-state index contributed by atoms with van der Waals surface area (Å²) in [7, 11) is 7.36. The lowest BCUT2D eigenvalue weighted by molar-refractivity contribution is 0.0365. The minimum atomic E-state index is -0.733. The monoisotopic (exact) mass is 402 g/mol. The van der Waals surface area contributed by atoms with E-state index in [0.29, 0.717) is 34.1 Å². The van der Waals surface area contributed by atoms with E-state index in [0.717, 1.165) is 0 Å². The first-order chi connectivity index (χ1) is 14.0. The highest BCUT2D eigenvalue weighted by Gasteiger charge is 2.37. The van der Waals surface area contributed by atoms with Crippen molar-refractivity contribution in [1.29, 1.82) is 0 Å². The van der Waals surface area contributed by atoms with Crippen molar-refractivity contribution in [2.75, 3.05) is 35.5 Å². The molecule has 1 aliphatic rings. The Kier molecular flexibility index (Phi) is 5.81. The Labute approximate surface area is 168 Å². The molecule has 1 heterocycles. The van der Waals surface area contributed by atoms with E-state index in [9.17, 15) is 9.59 Å². The molecular weight excluding hydrogens is 380 g/mol. The van der Waals surface area contributed by atoms with E-state index in [1.54, 1.807) is 24.3 Å². The maximum atomic E-state index is 12.9. The summed E-state index contributed by atoms with van der Waals surface area (Å²) in [6, 6.07) is 6.51. The highest BCUT2D eigenvalue weighted by atomic mass is 16.6. The summed E-state index contributed by atoms with van der Waals surface area (Å²) in [5, 5.41) is 0. The molecule has 3 rings (SSSR count). The first-order valence-corrected chi connectivity index (χ1v) is 8.78. The molecule has 0 aromatic heterocycles. The molecule has 8 heteroatoms. The van der Waals surface area contributed by atoms with E-state index >= 15 is 0 Å². The van der Waals surface area contributed by atoms with Crippen LogP contribution in [0.4, 0.5) is 0 Å². The average molecular weight is 402 g/mol. The number of ketones is 1. The number of esters is 1. The summed E-state index contributed by atoms with van der Waals surface area (Å²) in [5.74, 6) is 1.03. The summed E-state index contributed by atoms with van der Waals surface area (Å²) in [6.45, 7) is 0. The van der Waals surface area contributed by atoms with Crippen LogP contribution in [0.2, 0.25) is 0 Å². The fraction of sp³-hybridized carbons (Fsp3) is 0.333. The van der Waals surface area contributed by atoms with Crippen molar-refractivity contribution < 1.29 is 38.0 Å². The fourth-order valence-electron chi connectivity index (χ4n) is 3.35. The molecule has 0 unspecified atom stereocenters. The van der Waals surface area contributed by atoms with Crippen molar-refractivity contribution in [2.45, 2.75) is 12.5 Å². The lowest BCUT2D eigenvalue weighted by Gasteiger charge is -2.15. The first kappa shape index (κ1) is 20.3. The highest BCUT2D eigenvalue weighted by molar-refractivity contribution is 6.01. The summed E-state index contributed by atoms with van der Waals surface area (Å²) < 4.78 is 31.9. The van der Waals surface area contributed by atoms with Gasteiger partial charge in [0.15, 0.2) is 28.8 Å². The van der Waals surface area contributed by atoms with Crippen molar-refractivity contribution in [1.82, 2.24) is 0 Å². The van der Waals surface area contributed by atoms with Crippen LogP contribution >= 0.6 is 0 Å². The number of hydrogen-bond acceptors (Lipinski definition) is 8. The number of ether oxygens (including phenoxy) is 6. The Morgan fingerprint density at radius 2 is 1.45 bits per heavy atom. The van der Waals surface area contributed by atoms with E-state index < -0.39 is 12.1 Å². The van der Waals surface area contributed by atoms with Gasteiger partial charge in [-0.1, -0.05) is 6.07 Å². The molecule has 0 radical (unpaired) electrons. The molecular formula is C21H22O8. The number of fused-ring (bicyclic) bond motifs is 1. The molecule has 0 N–H and O–H groups in total. The van der Waals surface area contributed by atoms with Gasteiger partial charge in [0.05, 0.1) is 42.0 Å². The van der Waals surface area contributed by atoms with Gasteiger partial charge in [-0.05, 0) is 18.2 Å². The van der Waals surface area contributed by atoms with Gasteiger partial charge < -0.3 is 28.4 Å². The second kappa shape index (κ2) is 8.30. The maximum Gasteiger partial charge on any atom is 0.343 e. The first-order valence-electron chi connectivity index (χ1n) is 8.78. The third-order valence-corrected chi connectivity index (χ3v) is 4.74. The zero-order chi connectivity index (χ0) is 21.1. The third kappa shape index (κ3) is 3.53. The average Bonchev–Trinajstić information content (AvgIpc) is 3.06. The Bertz CT molecular complexity index is 925. The predicted molar refractivity (Wildman–Crippen MR) is 103 cm³/mol. The second-order valence-corrected chi connectivity index (χ2v) is 6.20. The fourth-order valence-corrected chi connectivity index (χ4v) is 3.35. The van der Waals surface area contributed by atoms with Crippen LogP contribution < -0.4 is 23.7 Å². The lowest BCUT2D eigenvalue weighted by atomic mass is 9.97. The van der Waals surface area contributed by atoms with Gasteiger partial charge in [-0.25, -0.2) is 4.79 Å². The number of carbonyl (C=O) groups is 2. The zero-order valence-electron chi connectivity index (χ0n) is 16.9. The number of hydrogen-bond donors (Lipinski definition) is 0. The summed E-state index contributed by atoms with van der Waals surface area (Å²) in [6.07, 6.45) is -0.781. The molecule has 8 nitrogen and oxygen atoms in total. The number of benzene rings is 2. The van der Waals surface area contributed by atoms with Gasteiger partial charge in [-0.2, -0.15) is 0 Å². The van der Waals surface area contributed by atoms with E-state index in [4.69, 9.17) is 28.4 Å². The van der Waals surface area contributed by atoms with Crippen LogP contribution in [0, 0.1) is 0 Å². The molecule has 1 aliphatic heterocycles. The third-order valence-electron chi connectivity index (χ3n) is 4.74. The van der Waals surface area contributed by atoms with Gasteiger partial charge >= 0.3 is 5.97 Å². The molecule has 0 fully saturated rings. The molecule has 0 amide bonds. The van der Waals surface area contributed by atoms with Gasteiger partial charge in [-0.3, -0.25) is 4.79 Å². The van der Waals surface area contributed by atoms with Crippen LogP contribution in [0.5, 0.6) is 28.7 Å². The Balaban J connectivity index is 1.93. The van der Waals surface area contributed by atoms with Gasteiger partial charge in [0, 0.05) is 11.1 Å². The maximum absolute atomic E-state index is 12.9. The highest BCUT2D eigenvalue weighted by Crippen LogP contribution is 2.44. The lowest BCUT2D eigenvalue weighted by Crippen LogP contribution is -2.08. The zero-order valence-corrected chi connectivity index (χ0v) is 16.9. The van der Waals surface area contributed by atoms with Crippen molar-refractivity contribution >= 4 is 11.8 Å². The number of methoxy groups -OCH3 is 5. The van der Waals surface area contributed by atoms with E-state index in [-0.39, 0.29) is 23.5 Å². The smallest absolute Gasteiger partial charge is 0.343 e. The van der Waals surface area contributed by atoms with Crippen LogP contribution in [0.15, 0.2) is 24.3 Å². The predicted octanol–water partition coefficient (Wildman–Crippen LogP) is 3.21. The van der Waals surface area contributed by atoms with Gasteiger partial charge in [0.2, 0.25) is 5.75 Å². The summed E-state index contributed by atoms with van der Waals surface area (Å²) in [4.78, 5) is 25.3. The minimum absolute atomic E-state index is 0.0487. The van der Waals surface area contributed by atoms with E-state index in [2.05, 4.69) is 0 Å². The molecule has 0 spiro atoms. The van der Waals surface area contributed by atoms with Crippen molar-refractivity contribution in [2.24, 2.45) is 0 Å². The van der Waals surface area contributed by atoms with Crippen LogP contribution in [0.25, 0.3) is 0 Å². The molecule has 0 bridgehead atoms. The number of rotatable bonds is 8. The van der Waals surface area contributed by atoms with Crippen LogP contribution in [-0.2, 0) is 4.74 Å². The van der Waals surface area contributed by atoms with Crippen molar-refractivity contribution in [3.05, 3.63) is 41.0 Å². The molecule has 29 heavy (non-hydrogen) atoms. The van der Waals surface area contributed by atoms with Crippen molar-refractivity contribution in [3.8, 4) is 28.7 Å². The number of cyclic esters (lactones) is 1. The normalized spacial score (nSPS) is 14.7. The molecule has 0 aliphatic carbocycles. The molecule has 0 saturated carbocycles. The quantitative estimate of drug-likeness (QED) is 0.491. The largest absolute Gasteiger partial charge is 0.493 e. The van der Waals surface area contributed by atoms with E-state index in [1.165, 1.54) is 35.5 Å². The topological polar surface area (TPSA) is 89.5 Å². The number of carbonyl (C=O) groups excluding carboxylic acids is 2. The van der Waals surface area contributed by atoms with Crippen LogP contribution in [0.1, 0.15) is 38.8 Å². The number of Topliss-reactive ketones (excluding diaryl/α,β-unsaturated/α-hetero) is 1. The summed E-state index contributed by atoms with van der Waals surface area (Å²) >= 11 is 0. The van der Waals surface area contributed by atoms with Gasteiger partial charge in [0.25, 0.3) is 0 Å². The van der Waals surface area contributed by atoms with Crippen LogP contribution in [0.3, 0.4) is 0 Å². The minimum Gasteiger partial charge on any atom is -0.493 e. The SMILES string of the molecule is COc1cc(C(=O)C[C@@H]2OC(=O)c3c2ccc(OC)c3OC)cc(OC)c1OC. The Morgan fingerprint density at radius 3 is 1.97 bits per heavy atom. The molecule has 2 aromatic carbocycles. The molecule has 0 saturated heterocycles. The van der Waals surface area contributed by atoms with Gasteiger partial charge in [-0.15, -0.1) is 0 Å². The summed E-state index contributed by atoms with van der Waals surface area (Å²) in [5.41, 5.74) is 1.20. The standard InChI is InChI=1S/C21H22O8/c1-24-14-7-6-12-15(29-21(23)18(12)20(14)28-5)10-13(22)11-8-16(25-2)19(27-4)17(9-11)26-3/h6-9,15H,10H2,1-5H3/t15-/m0/s1. The molecule has 2 aromatic rings. The Morgan fingerprint density at radius 1 is 0.862 bits per heavy atom. The molecule has 1 atom stereocenters. The Hall–Kier alpha value is -3.42. The molecule has 154 valence electrons. The second-order valence-electron chi connectivity index (χ2n) is 6.20. The van der Waals surface area contributed by atoms with Gasteiger partial charge in [0.1, 0.15) is 11.7 Å². The van der Waals surface area contributed by atoms with E-state index in [1.807, 2.05) is 0 Å². The van der Waals surface area contributed by atoms with Crippen molar-refractivity contribution in [3.63, 3.8) is 0 Å². The van der Waals surface area contributed by atoms with Crippen LogP contribution in [-0.4, -0.2) is 47.3 Å².